The molecule has 0 fully saturated rings. The summed E-state index contributed by atoms with van der Waals surface area (Å²) in [5, 5.41) is 6.28. The highest BCUT2D eigenvalue weighted by atomic mass is 32.6. The van der Waals surface area contributed by atoms with Gasteiger partial charge in [0.1, 0.15) is 0 Å². The Morgan fingerprint density at radius 3 is 0.750 bits per heavy atom. The van der Waals surface area contributed by atoms with Gasteiger partial charge in [-0.05, 0) is 116 Å². The van der Waals surface area contributed by atoms with E-state index in [2.05, 4.69) is 132 Å². The van der Waals surface area contributed by atoms with Crippen LogP contribution in [0.1, 0.15) is 66.8 Å². The van der Waals surface area contributed by atoms with E-state index in [0.717, 1.165) is 0 Å². The number of hydrogen-bond donors (Lipinski definition) is 0. The van der Waals surface area contributed by atoms with E-state index in [1.807, 2.05) is 0 Å². The number of hydrogen-bond acceptors (Lipinski definition) is 0. The fourth-order valence-electron chi connectivity index (χ4n) is 6.20. The molecular weight excluding hydrogens is 556 g/mol. The van der Waals surface area contributed by atoms with E-state index < -0.39 is 14.6 Å². The third-order valence-electron chi connectivity index (χ3n) is 7.51. The summed E-state index contributed by atoms with van der Waals surface area (Å²) in [6.45, 7) is 27.7. The smallest absolute Gasteiger partial charge is 0.0392 e. The van der Waals surface area contributed by atoms with Crippen LogP contribution in [0.15, 0.2) is 48.5 Å². The van der Waals surface area contributed by atoms with Gasteiger partial charge in [0.2, 0.25) is 0 Å². The lowest BCUT2D eigenvalue weighted by atomic mass is 10.1. The fraction of sp³-hybridized carbons (Fsp3) is 0.333. The van der Waals surface area contributed by atoms with Gasteiger partial charge in [-0.15, -0.1) is 0 Å². The van der Waals surface area contributed by atoms with E-state index in [9.17, 15) is 0 Å². The molecule has 0 saturated carbocycles. The summed E-state index contributed by atoms with van der Waals surface area (Å²) in [7, 11) is 1.88. The molecule has 4 heteroatoms. The monoisotopic (exact) mass is 600 g/mol. The minimum Gasteiger partial charge on any atom is -0.466 e. The van der Waals surface area contributed by atoms with Crippen molar-refractivity contribution in [1.82, 2.24) is 0 Å². The average Bonchev–Trinajstić information content (AvgIpc) is 2.80. The third-order valence-corrected chi connectivity index (χ3v) is 24.2. The Morgan fingerprint density at radius 2 is 0.525 bits per heavy atom. The molecule has 0 spiro atoms. The van der Waals surface area contributed by atoms with E-state index in [1.165, 1.54) is 93.9 Å². The molecule has 0 aromatic heterocycles. The molecule has 210 valence electrons. The van der Waals surface area contributed by atoms with Crippen LogP contribution in [0.2, 0.25) is 0 Å². The van der Waals surface area contributed by atoms with Crippen LogP contribution in [-0.2, 0) is 0 Å². The maximum absolute atomic E-state index is 2.42. The van der Waals surface area contributed by atoms with E-state index in [4.69, 9.17) is 0 Å². The molecule has 4 aromatic rings. The van der Waals surface area contributed by atoms with Gasteiger partial charge in [0.25, 0.3) is 0 Å². The van der Waals surface area contributed by atoms with Gasteiger partial charge in [0, 0.05) is 0 Å². The van der Waals surface area contributed by atoms with Crippen molar-refractivity contribution in [2.75, 3.05) is 0 Å². The van der Waals surface area contributed by atoms with Gasteiger partial charge in [-0.2, -0.15) is 10.6 Å². The van der Waals surface area contributed by atoms with Crippen LogP contribution < -0.4 is 21.2 Å². The van der Waals surface area contributed by atoms with Crippen LogP contribution in [0.25, 0.3) is 0 Å². The molecule has 0 heterocycles. The Bertz CT molecular complexity index is 1370. The molecule has 0 aliphatic rings. The first-order valence-electron chi connectivity index (χ1n) is 14.1. The zero-order chi connectivity index (χ0) is 29.5. The Hall–Kier alpha value is -1.40. The number of benzene rings is 4. The van der Waals surface area contributed by atoms with E-state index >= 15 is 0 Å². The molecule has 0 saturated heterocycles. The van der Waals surface area contributed by atoms with Crippen molar-refractivity contribution < 1.29 is 0 Å². The second-order valence-corrected chi connectivity index (χ2v) is 23.0. The van der Waals surface area contributed by atoms with E-state index in [0.29, 0.717) is 0 Å². The first-order valence-corrected chi connectivity index (χ1v) is 20.7. The van der Waals surface area contributed by atoms with Crippen LogP contribution in [0, 0.1) is 83.1 Å². The Kier molecular flexibility index (Phi) is 10.1. The van der Waals surface area contributed by atoms with Crippen molar-refractivity contribution >= 4 is 52.4 Å². The normalized spacial score (nSPS) is 13.6. The lowest BCUT2D eigenvalue weighted by Gasteiger charge is -2.53. The summed E-state index contributed by atoms with van der Waals surface area (Å²) in [6.07, 6.45) is 0. The highest BCUT2D eigenvalue weighted by molar-refractivity contribution is 8.77. The molecule has 4 aromatic carbocycles. The van der Waals surface area contributed by atoms with Crippen LogP contribution in [0.4, 0.5) is 0 Å². The van der Waals surface area contributed by atoms with Gasteiger partial charge < -0.3 is 16.5 Å². The summed E-state index contributed by atoms with van der Waals surface area (Å²) in [4.78, 5) is 0. The number of rotatable bonds is 7. The highest BCUT2D eigenvalue weighted by Crippen LogP contribution is 2.85. The highest BCUT2D eigenvalue weighted by Gasteiger charge is 2.18. The summed E-state index contributed by atoms with van der Waals surface area (Å²) < 4.78 is 0. The van der Waals surface area contributed by atoms with Gasteiger partial charge in [0.15, 0.2) is 0 Å². The first-order chi connectivity index (χ1) is 18.8. The van der Waals surface area contributed by atoms with Gasteiger partial charge in [0.05, 0.1) is 0 Å². The van der Waals surface area contributed by atoms with Gasteiger partial charge in [-0.25, -0.2) is 14.6 Å². The van der Waals surface area contributed by atoms with Gasteiger partial charge in [-0.1, -0.05) is 93.0 Å². The molecule has 0 N–H and O–H groups in total. The van der Waals surface area contributed by atoms with Crippen molar-refractivity contribution in [3.05, 3.63) is 115 Å². The van der Waals surface area contributed by atoms with Gasteiger partial charge in [-0.3, -0.25) is 0 Å². The summed E-state index contributed by atoms with van der Waals surface area (Å²) in [6, 6.07) is 19.2. The zero-order valence-electron chi connectivity index (χ0n) is 26.4. The molecule has 0 aliphatic carbocycles. The number of aryl methyl sites for hydroxylation is 12. The standard InChI is InChI=1S/C36H44P4/c1-21-13-25(5)33(26(6)14-21)37-39(35-29(9)17-23(3)18-30(35)10)40(36-31(11)19-24(4)20-32(36)12)38-34-27(7)15-22(2)16-28(34)8/h13-20H,1-12H3/q-2. The zero-order valence-corrected chi connectivity index (χ0v) is 30.0. The van der Waals surface area contributed by atoms with Crippen LogP contribution in [-0.4, -0.2) is 0 Å². The lowest BCUT2D eigenvalue weighted by molar-refractivity contribution is 1.35. The summed E-state index contributed by atoms with van der Waals surface area (Å²) >= 11 is 0. The molecule has 0 radical (unpaired) electrons. The Balaban J connectivity index is 2.04. The largest absolute Gasteiger partial charge is 0.466 e. The molecule has 4 rings (SSSR count). The van der Waals surface area contributed by atoms with E-state index in [1.54, 1.807) is 10.6 Å². The van der Waals surface area contributed by atoms with Crippen molar-refractivity contribution in [1.29, 1.82) is 0 Å². The molecular formula is C36H44P4-2. The maximum Gasteiger partial charge on any atom is -0.0392 e. The van der Waals surface area contributed by atoms with Crippen molar-refractivity contribution in [3.8, 4) is 0 Å². The average molecular weight is 601 g/mol. The quantitative estimate of drug-likeness (QED) is 0.185. The second-order valence-electron chi connectivity index (χ2n) is 11.8. The first kappa shape index (κ1) is 31.5. The predicted octanol–water partition coefficient (Wildman–Crippen LogP) is 10.6. The summed E-state index contributed by atoms with van der Waals surface area (Å²) in [5.74, 6) is 0. The van der Waals surface area contributed by atoms with Crippen LogP contribution in [0.5, 0.6) is 0 Å². The minimum atomic E-state index is -0.541. The lowest BCUT2D eigenvalue weighted by Crippen LogP contribution is -2.17. The fourth-order valence-corrected chi connectivity index (χ4v) is 25.7. The Morgan fingerprint density at radius 1 is 0.325 bits per heavy atom. The van der Waals surface area contributed by atoms with Crippen molar-refractivity contribution in [2.24, 2.45) is 0 Å². The van der Waals surface area contributed by atoms with E-state index in [-0.39, 0.29) is 0 Å². The second kappa shape index (κ2) is 12.9. The molecule has 0 amide bonds. The predicted molar refractivity (Wildman–Crippen MR) is 189 cm³/mol. The molecule has 2 unspecified atom stereocenters. The third kappa shape index (κ3) is 6.80. The molecule has 0 bridgehead atoms. The molecule has 0 aliphatic heterocycles. The molecule has 40 heavy (non-hydrogen) atoms. The SMILES string of the molecule is Cc1cc(C)c([P-]P(c2c(C)cc(C)cc2C)P([P-]c2c(C)cc(C)cc2C)c2c(C)cc(C)cc2C)c(C)c1. The molecule has 2 atom stereocenters. The van der Waals surface area contributed by atoms with Crippen molar-refractivity contribution in [3.63, 3.8) is 0 Å². The van der Waals surface area contributed by atoms with Crippen molar-refractivity contribution in [2.45, 2.75) is 83.1 Å². The summed E-state index contributed by atoms with van der Waals surface area (Å²) in [5.41, 5.74) is 17.0. The topological polar surface area (TPSA) is 0 Å². The van der Waals surface area contributed by atoms with Crippen LogP contribution >= 0.6 is 31.1 Å². The Labute approximate surface area is 249 Å². The van der Waals surface area contributed by atoms with Gasteiger partial charge >= 0.3 is 0 Å². The van der Waals surface area contributed by atoms with Crippen LogP contribution in [0.3, 0.4) is 0 Å². The maximum atomic E-state index is 2.42. The molecule has 0 nitrogen and oxygen atoms in total. The minimum absolute atomic E-state index is 0.541.